The van der Waals surface area contributed by atoms with Crippen LogP contribution in [0.5, 0.6) is 0 Å². The molecule has 0 bridgehead atoms. The predicted molar refractivity (Wildman–Crippen MR) is 56.6 cm³/mol. The first kappa shape index (κ1) is 12.4. The van der Waals surface area contributed by atoms with Crippen LogP contribution in [0, 0.1) is 0 Å². The van der Waals surface area contributed by atoms with Crippen LogP contribution in [-0.2, 0) is 9.53 Å². The highest BCUT2D eigenvalue weighted by molar-refractivity contribution is 6.68. The zero-order valence-corrected chi connectivity index (χ0v) is 10.2. The van der Waals surface area contributed by atoms with Gasteiger partial charge in [0, 0.05) is 0 Å². The maximum Gasteiger partial charge on any atom is 0.255 e. The van der Waals surface area contributed by atoms with Crippen LogP contribution >= 0.6 is 34.8 Å². The van der Waals surface area contributed by atoms with Crippen molar-refractivity contribution in [2.24, 2.45) is 0 Å². The quantitative estimate of drug-likeness (QED) is 0.774. The Morgan fingerprint density at radius 1 is 1.43 bits per heavy atom. The Labute approximate surface area is 98.0 Å². The van der Waals surface area contributed by atoms with Crippen molar-refractivity contribution in [1.82, 2.24) is 5.32 Å². The van der Waals surface area contributed by atoms with Gasteiger partial charge in [-0.1, -0.05) is 48.7 Å². The Hall–Kier alpha value is 0.300. The van der Waals surface area contributed by atoms with Crippen molar-refractivity contribution < 1.29 is 9.53 Å². The summed E-state index contributed by atoms with van der Waals surface area (Å²) in [5.41, 5.74) is -0.675. The Morgan fingerprint density at radius 2 is 1.93 bits per heavy atom. The van der Waals surface area contributed by atoms with Crippen molar-refractivity contribution in [3.8, 4) is 0 Å². The van der Waals surface area contributed by atoms with E-state index in [-0.39, 0.29) is 5.91 Å². The number of alkyl halides is 3. The number of hydrogen-bond donors (Lipinski definition) is 1. The first-order valence-electron chi connectivity index (χ1n) is 4.41. The van der Waals surface area contributed by atoms with Gasteiger partial charge in [-0.05, 0) is 12.8 Å². The van der Waals surface area contributed by atoms with E-state index in [9.17, 15) is 4.79 Å². The number of rotatable bonds is 2. The number of carbonyl (C=O) groups excluding carboxylic acids is 1. The van der Waals surface area contributed by atoms with E-state index >= 15 is 0 Å². The summed E-state index contributed by atoms with van der Waals surface area (Å²) in [4.78, 5) is 11.5. The maximum absolute atomic E-state index is 11.5. The van der Waals surface area contributed by atoms with E-state index < -0.39 is 15.6 Å². The van der Waals surface area contributed by atoms with Gasteiger partial charge in [0.1, 0.15) is 5.72 Å². The topological polar surface area (TPSA) is 38.3 Å². The van der Waals surface area contributed by atoms with Crippen LogP contribution in [0.4, 0.5) is 0 Å². The number of amides is 1. The van der Waals surface area contributed by atoms with E-state index in [0.717, 1.165) is 0 Å². The first-order valence-corrected chi connectivity index (χ1v) is 5.54. The van der Waals surface area contributed by atoms with Crippen molar-refractivity contribution in [1.29, 1.82) is 0 Å². The fourth-order valence-electron chi connectivity index (χ4n) is 1.41. The highest BCUT2D eigenvalue weighted by Gasteiger charge is 2.51. The second-order valence-corrected chi connectivity index (χ2v) is 5.60. The lowest BCUT2D eigenvalue weighted by Gasteiger charge is -2.26. The summed E-state index contributed by atoms with van der Waals surface area (Å²) in [6, 6.07) is 0. The van der Waals surface area contributed by atoms with Gasteiger partial charge >= 0.3 is 0 Å². The smallest absolute Gasteiger partial charge is 0.255 e. The molecule has 0 aromatic rings. The van der Waals surface area contributed by atoms with Crippen LogP contribution in [0.2, 0.25) is 0 Å². The Balaban J connectivity index is 2.83. The van der Waals surface area contributed by atoms with E-state index in [1.54, 1.807) is 0 Å². The van der Waals surface area contributed by atoms with Gasteiger partial charge in [0.25, 0.3) is 5.91 Å². The minimum Gasteiger partial charge on any atom is -0.338 e. The molecule has 0 aromatic heterocycles. The number of nitrogens with one attached hydrogen (secondary N) is 1. The molecule has 14 heavy (non-hydrogen) atoms. The zero-order valence-electron chi connectivity index (χ0n) is 7.94. The average Bonchev–Trinajstić information content (AvgIpc) is 2.43. The maximum atomic E-state index is 11.5. The molecule has 1 heterocycles. The summed E-state index contributed by atoms with van der Waals surface area (Å²) in [7, 11) is 0. The average molecular weight is 261 g/mol. The summed E-state index contributed by atoms with van der Waals surface area (Å²) in [5, 5.41) is 2.71. The second-order valence-electron chi connectivity index (χ2n) is 3.23. The van der Waals surface area contributed by atoms with Gasteiger partial charge in [0.05, 0.1) is 0 Å². The molecule has 1 saturated heterocycles. The van der Waals surface area contributed by atoms with Crippen LogP contribution in [0.25, 0.3) is 0 Å². The lowest BCUT2D eigenvalue weighted by molar-refractivity contribution is -0.123. The highest BCUT2D eigenvalue weighted by Crippen LogP contribution is 2.39. The monoisotopic (exact) mass is 259 g/mol. The third-order valence-electron chi connectivity index (χ3n) is 2.37. The summed E-state index contributed by atoms with van der Waals surface area (Å²) >= 11 is 16.9. The van der Waals surface area contributed by atoms with Crippen LogP contribution in [0.3, 0.4) is 0 Å². The largest absolute Gasteiger partial charge is 0.338 e. The molecule has 0 saturated carbocycles. The number of carbonyl (C=O) groups is 1. The molecule has 1 fully saturated rings. The molecule has 1 unspecified atom stereocenters. The van der Waals surface area contributed by atoms with Gasteiger partial charge < -0.3 is 10.1 Å². The van der Waals surface area contributed by atoms with Gasteiger partial charge in [-0.2, -0.15) is 0 Å². The molecule has 1 aliphatic heterocycles. The summed E-state index contributed by atoms with van der Waals surface area (Å²) in [6.45, 7) is 3.81. The molecule has 0 spiro atoms. The van der Waals surface area contributed by atoms with Crippen LogP contribution in [-0.4, -0.2) is 21.5 Å². The number of halogens is 3. The first-order chi connectivity index (χ1) is 6.34. The predicted octanol–water partition coefficient (Wildman–Crippen LogP) is 2.39. The Morgan fingerprint density at radius 3 is 2.14 bits per heavy atom. The van der Waals surface area contributed by atoms with Crippen molar-refractivity contribution in [3.05, 3.63) is 0 Å². The van der Waals surface area contributed by atoms with E-state index in [0.29, 0.717) is 12.8 Å². The number of hydrogen-bond acceptors (Lipinski definition) is 2. The molecule has 1 atom stereocenters. The number of ether oxygens (including phenoxy) is 1. The minimum absolute atomic E-state index is 0.367. The fourth-order valence-corrected chi connectivity index (χ4v) is 1.84. The molecular formula is C8H12Cl3NO2. The third-order valence-corrected chi connectivity index (χ3v) is 2.97. The molecule has 82 valence electrons. The molecule has 0 aliphatic carbocycles. The van der Waals surface area contributed by atoms with Crippen LogP contribution in [0.15, 0.2) is 0 Å². The lowest BCUT2D eigenvalue weighted by atomic mass is 10.1. The second kappa shape index (κ2) is 4.05. The standard InChI is InChI=1S/C8H12Cl3NO2/c1-3-7(4-2)12-6(13)5(14-7)8(9,10)11/h5H,3-4H2,1-2H3,(H,12,13). The Kier molecular flexibility index (Phi) is 3.58. The van der Waals surface area contributed by atoms with Crippen molar-refractivity contribution >= 4 is 40.7 Å². The van der Waals surface area contributed by atoms with Gasteiger partial charge in [-0.25, -0.2) is 0 Å². The molecular weight excluding hydrogens is 248 g/mol. The van der Waals surface area contributed by atoms with Gasteiger partial charge in [0.2, 0.25) is 3.79 Å². The zero-order chi connectivity index (χ0) is 11.0. The highest BCUT2D eigenvalue weighted by atomic mass is 35.6. The van der Waals surface area contributed by atoms with Gasteiger partial charge in [-0.15, -0.1) is 0 Å². The molecule has 1 rings (SSSR count). The van der Waals surface area contributed by atoms with Gasteiger partial charge in [0.15, 0.2) is 6.10 Å². The summed E-state index contributed by atoms with van der Waals surface area (Å²) in [6.07, 6.45) is 0.270. The third kappa shape index (κ3) is 2.27. The van der Waals surface area contributed by atoms with Crippen molar-refractivity contribution in [3.63, 3.8) is 0 Å². The molecule has 0 radical (unpaired) electrons. The molecule has 1 N–H and O–H groups in total. The van der Waals surface area contributed by atoms with Crippen LogP contribution < -0.4 is 5.32 Å². The molecule has 6 heteroatoms. The van der Waals surface area contributed by atoms with Crippen molar-refractivity contribution in [2.45, 2.75) is 42.3 Å². The Bertz CT molecular complexity index is 235. The van der Waals surface area contributed by atoms with E-state index in [1.807, 2.05) is 13.8 Å². The van der Waals surface area contributed by atoms with Crippen LogP contribution in [0.1, 0.15) is 26.7 Å². The van der Waals surface area contributed by atoms with E-state index in [2.05, 4.69) is 5.32 Å². The molecule has 1 aliphatic rings. The SMILES string of the molecule is CCC1(CC)NC(=O)C(C(Cl)(Cl)Cl)O1. The fraction of sp³-hybridized carbons (Fsp3) is 0.875. The summed E-state index contributed by atoms with van der Waals surface area (Å²) < 4.78 is 3.76. The summed E-state index contributed by atoms with van der Waals surface area (Å²) in [5.74, 6) is -0.367. The van der Waals surface area contributed by atoms with Gasteiger partial charge in [-0.3, -0.25) is 4.79 Å². The lowest BCUT2D eigenvalue weighted by Crippen LogP contribution is -2.41. The minimum atomic E-state index is -1.71. The van der Waals surface area contributed by atoms with E-state index in [4.69, 9.17) is 39.5 Å². The van der Waals surface area contributed by atoms with E-state index in [1.165, 1.54) is 0 Å². The molecule has 3 nitrogen and oxygen atoms in total. The van der Waals surface area contributed by atoms with Crippen molar-refractivity contribution in [2.75, 3.05) is 0 Å². The molecule has 0 aromatic carbocycles. The molecule has 1 amide bonds. The normalized spacial score (nSPS) is 26.4.